The first kappa shape index (κ1) is 20.9. The molecular formula is C18H22NaO5S-. The van der Waals surface area contributed by atoms with Crippen molar-refractivity contribution < 1.29 is 52.4 Å². The maximum absolute atomic E-state index is 12.3. The monoisotopic (exact) mass is 373 g/mol. The molecule has 0 heterocycles. The van der Waals surface area contributed by atoms with Gasteiger partial charge < -0.3 is 18.1 Å². The van der Waals surface area contributed by atoms with Crippen LogP contribution >= 0.6 is 0 Å². The number of hydrogen-bond donors (Lipinski definition) is 0. The van der Waals surface area contributed by atoms with Crippen molar-refractivity contribution in [3.8, 4) is 5.75 Å². The van der Waals surface area contributed by atoms with Gasteiger partial charge in [-0.25, -0.2) is 0 Å². The smallest absolute Gasteiger partial charge is 0.870 e. The summed E-state index contributed by atoms with van der Waals surface area (Å²) in [6.45, 7) is 2.18. The van der Waals surface area contributed by atoms with Crippen LogP contribution in [0.4, 0.5) is 0 Å². The average Bonchev–Trinajstić information content (AvgIpc) is 2.82. The summed E-state index contributed by atoms with van der Waals surface area (Å²) >= 11 is 0. The van der Waals surface area contributed by atoms with Gasteiger partial charge in [-0.2, -0.15) is 0 Å². The van der Waals surface area contributed by atoms with E-state index < -0.39 is 11.0 Å². The van der Waals surface area contributed by atoms with Crippen molar-refractivity contribution in [2.45, 2.75) is 51.4 Å². The Morgan fingerprint density at radius 1 is 1.16 bits per heavy atom. The van der Waals surface area contributed by atoms with Crippen molar-refractivity contribution in [3.63, 3.8) is 0 Å². The van der Waals surface area contributed by atoms with Crippen molar-refractivity contribution >= 4 is 16.8 Å². The van der Waals surface area contributed by atoms with Crippen LogP contribution in [0.25, 0.3) is 0 Å². The standard InChI is InChI=1S/C18H21O4S.Na.H2O/c1-18-9-8-14-13-5-3-12(22-23(20)21)10-11(13)2-4-15(14)16(18)6-7-17(18)19;;/h3,5,10,14-16H,2,4,6-9H2,1H3;;1H2/q-1;+1;/p-1/t14-,15-,16+,18+;;/m1../s1. The summed E-state index contributed by atoms with van der Waals surface area (Å²) in [7, 11) is -2.53. The van der Waals surface area contributed by atoms with E-state index >= 15 is 0 Å². The Bertz CT molecular complexity index is 739. The molecule has 2 saturated carbocycles. The maximum Gasteiger partial charge on any atom is 1.00 e. The Hall–Kier alpha value is -0.400. The molecule has 1 N–H and O–H groups in total. The van der Waals surface area contributed by atoms with E-state index in [4.69, 9.17) is 4.18 Å². The molecule has 0 spiro atoms. The number of carbonyl (C=O) groups is 1. The van der Waals surface area contributed by atoms with E-state index in [1.165, 1.54) is 11.1 Å². The van der Waals surface area contributed by atoms with E-state index in [2.05, 4.69) is 6.92 Å². The molecule has 5 nitrogen and oxygen atoms in total. The van der Waals surface area contributed by atoms with Crippen molar-refractivity contribution in [2.24, 2.45) is 17.3 Å². The summed E-state index contributed by atoms with van der Waals surface area (Å²) in [5.74, 6) is 2.48. The first-order valence-corrected chi connectivity index (χ1v) is 9.43. The molecule has 2 fully saturated rings. The number of ketones is 1. The van der Waals surface area contributed by atoms with E-state index in [1.54, 1.807) is 6.07 Å². The van der Waals surface area contributed by atoms with Crippen LogP contribution in [0.1, 0.15) is 56.1 Å². The maximum atomic E-state index is 12.3. The number of hydrogen-bond acceptors (Lipinski definition) is 6. The molecule has 0 unspecified atom stereocenters. The van der Waals surface area contributed by atoms with Crippen LogP contribution < -0.4 is 33.7 Å². The van der Waals surface area contributed by atoms with E-state index in [9.17, 15) is 13.2 Å². The second-order valence-electron chi connectivity index (χ2n) is 7.48. The van der Waals surface area contributed by atoms with Gasteiger partial charge in [0.2, 0.25) is 0 Å². The van der Waals surface area contributed by atoms with Crippen molar-refractivity contribution in [2.75, 3.05) is 0 Å². The summed E-state index contributed by atoms with van der Waals surface area (Å²) in [4.78, 5) is 12.3. The van der Waals surface area contributed by atoms with E-state index in [1.807, 2.05) is 12.1 Å². The molecule has 0 aromatic heterocycles. The number of rotatable bonds is 2. The normalized spacial score (nSPS) is 32.7. The SMILES string of the molecule is C[C@]12CC[C@@H]3c4ccc(O[S-](=O)=O)cc4CC[C@H]3[C@@H]1CCC2=O.[Na+].[OH-]. The molecule has 0 amide bonds. The first-order chi connectivity index (χ1) is 11.0. The molecule has 0 saturated heterocycles. The largest absolute Gasteiger partial charge is 1.00 e. The van der Waals surface area contributed by atoms with Crippen LogP contribution in [0.5, 0.6) is 5.75 Å². The fourth-order valence-electron chi connectivity index (χ4n) is 5.46. The van der Waals surface area contributed by atoms with E-state index in [0.29, 0.717) is 29.3 Å². The first-order valence-electron chi connectivity index (χ1n) is 8.43. The second-order valence-corrected chi connectivity index (χ2v) is 8.06. The van der Waals surface area contributed by atoms with Gasteiger partial charge in [0.05, 0.1) is 0 Å². The molecule has 3 aliphatic carbocycles. The van der Waals surface area contributed by atoms with Crippen LogP contribution in [0.3, 0.4) is 0 Å². The molecule has 4 atom stereocenters. The zero-order valence-corrected chi connectivity index (χ0v) is 17.5. The number of carbonyl (C=O) groups excluding carboxylic acids is 1. The van der Waals surface area contributed by atoms with Gasteiger partial charge in [0.15, 0.2) is 0 Å². The van der Waals surface area contributed by atoms with Crippen LogP contribution in [-0.4, -0.2) is 11.3 Å². The van der Waals surface area contributed by atoms with Crippen LogP contribution in [-0.2, 0) is 30.6 Å². The van der Waals surface area contributed by atoms with Crippen LogP contribution in [0, 0.1) is 17.3 Å². The van der Waals surface area contributed by atoms with Gasteiger partial charge in [-0.3, -0.25) is 4.79 Å². The zero-order chi connectivity index (χ0) is 16.2. The fraction of sp³-hybridized carbons (Fsp3) is 0.611. The third kappa shape index (κ3) is 3.44. The average molecular weight is 373 g/mol. The Morgan fingerprint density at radius 3 is 2.64 bits per heavy atom. The fourth-order valence-corrected chi connectivity index (χ4v) is 5.72. The molecule has 4 rings (SSSR count). The summed E-state index contributed by atoms with van der Waals surface area (Å²) in [6, 6.07) is 5.66. The topological polar surface area (TPSA) is 90.4 Å². The van der Waals surface area contributed by atoms with Crippen molar-refractivity contribution in [3.05, 3.63) is 29.3 Å². The molecule has 3 aliphatic rings. The molecule has 0 bridgehead atoms. The summed E-state index contributed by atoms with van der Waals surface area (Å²) < 4.78 is 26.2. The van der Waals surface area contributed by atoms with Gasteiger partial charge in [-0.1, -0.05) is 13.0 Å². The Kier molecular flexibility index (Phi) is 6.43. The minimum Gasteiger partial charge on any atom is -0.870 e. The summed E-state index contributed by atoms with van der Waals surface area (Å²) in [5, 5.41) is 0. The summed E-state index contributed by atoms with van der Waals surface area (Å²) in [6.07, 6.45) is 5.88. The third-order valence-corrected chi connectivity index (χ3v) is 6.90. The van der Waals surface area contributed by atoms with Crippen LogP contribution in [0.2, 0.25) is 0 Å². The Morgan fingerprint density at radius 2 is 1.92 bits per heavy atom. The predicted octanol–water partition coefficient (Wildman–Crippen LogP) is 0.542. The molecule has 25 heavy (non-hydrogen) atoms. The van der Waals surface area contributed by atoms with Crippen LogP contribution in [0.15, 0.2) is 18.2 Å². The molecule has 0 aliphatic heterocycles. The van der Waals surface area contributed by atoms with E-state index in [0.717, 1.165) is 38.5 Å². The van der Waals surface area contributed by atoms with Crippen molar-refractivity contribution in [1.29, 1.82) is 0 Å². The molecule has 0 radical (unpaired) electrons. The van der Waals surface area contributed by atoms with Gasteiger partial charge in [-0.05, 0) is 73.1 Å². The number of fused-ring (bicyclic) bond motifs is 5. The minimum absolute atomic E-state index is 0. The number of Topliss-reactive ketones (excluding diaryl/α,β-unsaturated/α-hetero) is 1. The second kappa shape index (κ2) is 7.69. The van der Waals surface area contributed by atoms with Crippen molar-refractivity contribution in [1.82, 2.24) is 0 Å². The predicted molar refractivity (Wildman–Crippen MR) is 87.4 cm³/mol. The Labute approximate surface area is 172 Å². The number of aryl methyl sites for hydroxylation is 1. The molecule has 7 heteroatoms. The molecule has 1 aromatic rings. The molecule has 132 valence electrons. The van der Waals surface area contributed by atoms with Gasteiger partial charge in [0.1, 0.15) is 22.5 Å². The van der Waals surface area contributed by atoms with Gasteiger partial charge in [-0.15, -0.1) is 0 Å². The number of benzene rings is 1. The zero-order valence-electron chi connectivity index (χ0n) is 14.7. The minimum atomic E-state index is -2.53. The molecule has 1 aromatic carbocycles. The van der Waals surface area contributed by atoms with E-state index in [-0.39, 0.29) is 40.4 Å². The summed E-state index contributed by atoms with van der Waals surface area (Å²) in [5.41, 5.74) is 2.45. The quantitative estimate of drug-likeness (QED) is 0.558. The van der Waals surface area contributed by atoms with Gasteiger partial charge in [0.25, 0.3) is 0 Å². The van der Waals surface area contributed by atoms with Gasteiger partial charge >= 0.3 is 29.6 Å². The Balaban J connectivity index is 0.00000113. The third-order valence-electron chi connectivity index (χ3n) is 6.57. The molecular weight excluding hydrogens is 351 g/mol. The van der Waals surface area contributed by atoms with Gasteiger partial charge in [0, 0.05) is 11.8 Å².